The van der Waals surface area contributed by atoms with Gasteiger partial charge in [0.15, 0.2) is 5.78 Å². The van der Waals surface area contributed by atoms with Crippen molar-refractivity contribution in [3.05, 3.63) is 34.9 Å². The van der Waals surface area contributed by atoms with Crippen LogP contribution in [0.25, 0.3) is 0 Å². The van der Waals surface area contributed by atoms with Gasteiger partial charge in [-0.25, -0.2) is 0 Å². The largest absolute Gasteiger partial charge is 0.374 e. The number of carbonyl (C=O) groups excluding carboxylic acids is 1. The molecule has 1 aliphatic carbocycles. The fourth-order valence-corrected chi connectivity index (χ4v) is 3.64. The van der Waals surface area contributed by atoms with Gasteiger partial charge in [-0.2, -0.15) is 0 Å². The third-order valence-electron chi connectivity index (χ3n) is 4.93. The molecule has 19 heavy (non-hydrogen) atoms. The van der Waals surface area contributed by atoms with Gasteiger partial charge >= 0.3 is 0 Å². The summed E-state index contributed by atoms with van der Waals surface area (Å²) in [5, 5.41) is 0. The van der Waals surface area contributed by atoms with E-state index in [0.717, 1.165) is 12.0 Å². The van der Waals surface area contributed by atoms with Crippen molar-refractivity contribution < 1.29 is 9.53 Å². The first kappa shape index (κ1) is 12.9. The highest BCUT2D eigenvalue weighted by Crippen LogP contribution is 2.35. The fraction of sp³-hybridized carbons (Fsp3) is 0.588. The van der Waals surface area contributed by atoms with Gasteiger partial charge in [0, 0.05) is 5.56 Å². The van der Waals surface area contributed by atoms with Crippen molar-refractivity contribution in [1.29, 1.82) is 0 Å². The van der Waals surface area contributed by atoms with Gasteiger partial charge in [-0.3, -0.25) is 4.79 Å². The molecule has 1 fully saturated rings. The molecule has 2 nitrogen and oxygen atoms in total. The molecule has 1 aromatic rings. The molecule has 1 saturated heterocycles. The number of hydrogen-bond donors (Lipinski definition) is 0. The number of carbonyl (C=O) groups is 1. The number of hydrogen-bond acceptors (Lipinski definition) is 2. The fourth-order valence-electron chi connectivity index (χ4n) is 3.64. The summed E-state index contributed by atoms with van der Waals surface area (Å²) in [5.74, 6) is 0.573. The van der Waals surface area contributed by atoms with Crippen LogP contribution in [0.1, 0.15) is 48.7 Å². The normalized spacial score (nSPS) is 33.4. The summed E-state index contributed by atoms with van der Waals surface area (Å²) in [5.41, 5.74) is 3.67. The monoisotopic (exact) mass is 258 g/mol. The van der Waals surface area contributed by atoms with Crippen LogP contribution in [0, 0.1) is 11.8 Å². The molecule has 0 bridgehead atoms. The molecule has 0 radical (unpaired) electrons. The van der Waals surface area contributed by atoms with Crippen LogP contribution in [0.4, 0.5) is 0 Å². The van der Waals surface area contributed by atoms with Crippen molar-refractivity contribution in [3.8, 4) is 0 Å². The Kier molecular flexibility index (Phi) is 3.22. The summed E-state index contributed by atoms with van der Waals surface area (Å²) in [6.45, 7) is 6.22. The van der Waals surface area contributed by atoms with Crippen molar-refractivity contribution in [2.75, 3.05) is 0 Å². The molecular weight excluding hydrogens is 236 g/mol. The van der Waals surface area contributed by atoms with Gasteiger partial charge in [0.05, 0.1) is 18.1 Å². The van der Waals surface area contributed by atoms with Gasteiger partial charge in [0.2, 0.25) is 0 Å². The Labute approximate surface area is 115 Å². The van der Waals surface area contributed by atoms with E-state index < -0.39 is 0 Å². The highest BCUT2D eigenvalue weighted by Gasteiger charge is 2.41. The average Bonchev–Trinajstić information content (AvgIpc) is 2.94. The van der Waals surface area contributed by atoms with Crippen molar-refractivity contribution in [2.45, 2.75) is 52.2 Å². The Morgan fingerprint density at radius 1 is 1.11 bits per heavy atom. The number of aryl methyl sites for hydroxylation is 2. The topological polar surface area (TPSA) is 26.3 Å². The van der Waals surface area contributed by atoms with Crippen LogP contribution in [0.5, 0.6) is 0 Å². The van der Waals surface area contributed by atoms with Crippen LogP contribution in [-0.2, 0) is 17.6 Å². The van der Waals surface area contributed by atoms with Gasteiger partial charge < -0.3 is 4.74 Å². The minimum Gasteiger partial charge on any atom is -0.374 e. The third kappa shape index (κ3) is 2.12. The molecule has 2 aliphatic rings. The number of Topliss-reactive ketones (excluding diaryl/α,β-unsaturated/α-hetero) is 1. The molecule has 1 heterocycles. The van der Waals surface area contributed by atoms with E-state index in [1.54, 1.807) is 0 Å². The van der Waals surface area contributed by atoms with Gasteiger partial charge in [-0.15, -0.1) is 0 Å². The SMILES string of the molecule is CC1OC(C)C(C(=O)c2ccc3c(c2)CCC3)C1C. The summed E-state index contributed by atoms with van der Waals surface area (Å²) in [6, 6.07) is 6.27. The molecule has 0 aromatic heterocycles. The molecule has 0 spiro atoms. The first-order valence-corrected chi connectivity index (χ1v) is 7.39. The number of rotatable bonds is 2. The third-order valence-corrected chi connectivity index (χ3v) is 4.93. The first-order chi connectivity index (χ1) is 9.08. The number of ketones is 1. The summed E-state index contributed by atoms with van der Waals surface area (Å²) >= 11 is 0. The second-order valence-electron chi connectivity index (χ2n) is 6.13. The molecule has 0 saturated carbocycles. The lowest BCUT2D eigenvalue weighted by Gasteiger charge is -2.17. The molecule has 2 heteroatoms. The number of ether oxygens (including phenoxy) is 1. The van der Waals surface area contributed by atoms with E-state index in [1.165, 1.54) is 24.0 Å². The molecule has 1 aliphatic heterocycles. The average molecular weight is 258 g/mol. The van der Waals surface area contributed by atoms with E-state index in [0.29, 0.717) is 5.92 Å². The first-order valence-electron chi connectivity index (χ1n) is 7.39. The quantitative estimate of drug-likeness (QED) is 0.760. The van der Waals surface area contributed by atoms with Crippen LogP contribution in [-0.4, -0.2) is 18.0 Å². The highest BCUT2D eigenvalue weighted by atomic mass is 16.5. The Balaban J connectivity index is 1.88. The summed E-state index contributed by atoms with van der Waals surface area (Å²) in [7, 11) is 0. The van der Waals surface area contributed by atoms with Gasteiger partial charge in [0.1, 0.15) is 0 Å². The highest BCUT2D eigenvalue weighted by molar-refractivity contribution is 5.98. The Hall–Kier alpha value is -1.15. The molecule has 102 valence electrons. The van der Waals surface area contributed by atoms with E-state index in [2.05, 4.69) is 26.0 Å². The van der Waals surface area contributed by atoms with Crippen molar-refractivity contribution >= 4 is 5.78 Å². The smallest absolute Gasteiger partial charge is 0.168 e. The second-order valence-corrected chi connectivity index (χ2v) is 6.13. The van der Waals surface area contributed by atoms with Crippen molar-refractivity contribution in [3.63, 3.8) is 0 Å². The molecule has 4 unspecified atom stereocenters. The lowest BCUT2D eigenvalue weighted by molar-refractivity contribution is 0.0491. The Bertz CT molecular complexity index is 506. The second kappa shape index (κ2) is 4.75. The predicted octanol–water partition coefficient (Wildman–Crippen LogP) is 3.42. The number of benzene rings is 1. The van der Waals surface area contributed by atoms with Crippen LogP contribution in [0.3, 0.4) is 0 Å². The minimum atomic E-state index is 0.00875. The van der Waals surface area contributed by atoms with Crippen molar-refractivity contribution in [1.82, 2.24) is 0 Å². The summed E-state index contributed by atoms with van der Waals surface area (Å²) in [6.07, 6.45) is 3.73. The van der Waals surface area contributed by atoms with Gasteiger partial charge in [-0.1, -0.05) is 19.1 Å². The molecular formula is C17H22O2. The van der Waals surface area contributed by atoms with Crippen LogP contribution < -0.4 is 0 Å². The van der Waals surface area contributed by atoms with E-state index in [1.807, 2.05) is 13.0 Å². The van der Waals surface area contributed by atoms with E-state index in [9.17, 15) is 4.79 Å². The van der Waals surface area contributed by atoms with E-state index >= 15 is 0 Å². The lowest BCUT2D eigenvalue weighted by Crippen LogP contribution is -2.27. The lowest BCUT2D eigenvalue weighted by atomic mass is 9.83. The van der Waals surface area contributed by atoms with E-state index in [4.69, 9.17) is 4.74 Å². The van der Waals surface area contributed by atoms with Crippen LogP contribution in [0.15, 0.2) is 18.2 Å². The van der Waals surface area contributed by atoms with Crippen LogP contribution in [0.2, 0.25) is 0 Å². The standard InChI is InChI=1S/C17H22O2/c1-10-11(2)19-12(3)16(10)17(18)15-8-7-13-5-4-6-14(13)9-15/h7-12,16H,4-6H2,1-3H3. The summed E-state index contributed by atoms with van der Waals surface area (Å²) < 4.78 is 5.80. The Morgan fingerprint density at radius 2 is 1.84 bits per heavy atom. The zero-order valence-corrected chi connectivity index (χ0v) is 12.0. The van der Waals surface area contributed by atoms with Gasteiger partial charge in [-0.05, 0) is 56.2 Å². The summed E-state index contributed by atoms with van der Waals surface area (Å²) in [4.78, 5) is 12.7. The molecule has 0 N–H and O–H groups in total. The molecule has 1 aromatic carbocycles. The minimum absolute atomic E-state index is 0.00875. The zero-order chi connectivity index (χ0) is 13.6. The van der Waals surface area contributed by atoms with E-state index in [-0.39, 0.29) is 23.9 Å². The predicted molar refractivity (Wildman–Crippen MR) is 75.5 cm³/mol. The molecule has 4 atom stereocenters. The Morgan fingerprint density at radius 3 is 2.53 bits per heavy atom. The maximum atomic E-state index is 12.7. The maximum Gasteiger partial charge on any atom is 0.168 e. The van der Waals surface area contributed by atoms with Crippen molar-refractivity contribution in [2.24, 2.45) is 11.8 Å². The van der Waals surface area contributed by atoms with Crippen LogP contribution >= 0.6 is 0 Å². The molecule has 3 rings (SSSR count). The number of fused-ring (bicyclic) bond motifs is 1. The zero-order valence-electron chi connectivity index (χ0n) is 12.0. The maximum absolute atomic E-state index is 12.7. The van der Waals surface area contributed by atoms with Gasteiger partial charge in [0.25, 0.3) is 0 Å². The molecule has 0 amide bonds.